The van der Waals surface area contributed by atoms with Crippen molar-refractivity contribution < 1.29 is 35.8 Å². The molecule has 2 atom stereocenters. The quantitative estimate of drug-likeness (QED) is 0.152. The van der Waals surface area contributed by atoms with E-state index in [4.69, 9.17) is 18.9 Å². The van der Waals surface area contributed by atoms with Crippen LogP contribution >= 0.6 is 0 Å². The Labute approximate surface area is 296 Å². The topological polar surface area (TPSA) is 118 Å². The van der Waals surface area contributed by atoms with E-state index in [0.29, 0.717) is 52.1 Å². The Bertz CT molecular complexity index is 1970. The van der Waals surface area contributed by atoms with Gasteiger partial charge in [-0.25, -0.2) is 16.8 Å². The van der Waals surface area contributed by atoms with E-state index in [0.717, 1.165) is 18.8 Å². The number of hydrogen-bond donors (Lipinski definition) is 0. The van der Waals surface area contributed by atoms with Crippen LogP contribution in [0.15, 0.2) is 101 Å². The maximum absolute atomic E-state index is 13.1. The highest BCUT2D eigenvalue weighted by molar-refractivity contribution is 7.93. The highest BCUT2D eigenvalue weighted by Gasteiger charge is 2.29. The number of benzene rings is 4. The predicted octanol–water partition coefficient (Wildman–Crippen LogP) is 6.49. The number of rotatable bonds is 12. The number of epoxide rings is 2. The third kappa shape index (κ3) is 8.97. The van der Waals surface area contributed by atoms with Gasteiger partial charge in [-0.3, -0.25) is 8.61 Å². The van der Waals surface area contributed by atoms with Crippen molar-refractivity contribution in [1.82, 2.24) is 0 Å². The summed E-state index contributed by atoms with van der Waals surface area (Å²) in [7, 11) is -4.16. The summed E-state index contributed by atoms with van der Waals surface area (Å²) in [5.74, 6) is 1.37. The van der Waals surface area contributed by atoms with Gasteiger partial charge in [0.15, 0.2) is 0 Å². The molecule has 0 aliphatic carbocycles. The largest absolute Gasteiger partial charge is 0.491 e. The normalized spacial score (nSPS) is 16.9. The molecule has 2 unspecified atom stereocenters. The van der Waals surface area contributed by atoms with Gasteiger partial charge in [0.25, 0.3) is 20.0 Å². The second-order valence-corrected chi connectivity index (χ2v) is 17.3. The first-order valence-electron chi connectivity index (χ1n) is 16.4. The molecule has 4 aromatic carbocycles. The van der Waals surface area contributed by atoms with Crippen molar-refractivity contribution in [1.29, 1.82) is 0 Å². The van der Waals surface area contributed by atoms with Crippen LogP contribution in [0.2, 0.25) is 0 Å². The Balaban J connectivity index is 0.000000195. The molecule has 6 rings (SSSR count). The summed E-state index contributed by atoms with van der Waals surface area (Å²) < 4.78 is 76.6. The average molecular weight is 723 g/mol. The van der Waals surface area contributed by atoms with Crippen molar-refractivity contribution >= 4 is 31.4 Å². The molecule has 0 radical (unpaired) electrons. The Morgan fingerprint density at radius 1 is 0.680 bits per heavy atom. The van der Waals surface area contributed by atoms with Crippen molar-refractivity contribution in [2.24, 2.45) is 0 Å². The fraction of sp³-hybridized carbons (Fsp3) is 0.368. The molecule has 2 fully saturated rings. The predicted molar refractivity (Wildman–Crippen MR) is 196 cm³/mol. The van der Waals surface area contributed by atoms with E-state index in [1.165, 1.54) is 8.61 Å². The average Bonchev–Trinajstić information content (AvgIpc) is 4.02. The number of para-hydroxylation sites is 2. The summed E-state index contributed by atoms with van der Waals surface area (Å²) in [6, 6.07) is 26.7. The fourth-order valence-electron chi connectivity index (χ4n) is 5.33. The van der Waals surface area contributed by atoms with Crippen molar-refractivity contribution in [3.8, 4) is 11.5 Å². The van der Waals surface area contributed by atoms with E-state index < -0.39 is 20.0 Å². The summed E-state index contributed by atoms with van der Waals surface area (Å²) in [5.41, 5.74) is 3.20. The Kier molecular flexibility index (Phi) is 11.2. The SMILES string of the molecule is CN(c1ccccc1)S(=O)(=O)c1ccc(OCC2CO2)c(C(C)(C)C)c1.Cc1cc(OCC2CO2)cc(C)c1S(=O)(=O)N(C)c1ccccc1. The molecule has 10 nitrogen and oxygen atoms in total. The van der Waals surface area contributed by atoms with Gasteiger partial charge >= 0.3 is 0 Å². The van der Waals surface area contributed by atoms with Crippen LogP contribution in [-0.4, -0.2) is 69.6 Å². The summed E-state index contributed by atoms with van der Waals surface area (Å²) in [6.45, 7) is 12.1. The van der Waals surface area contributed by atoms with E-state index >= 15 is 0 Å². The summed E-state index contributed by atoms with van der Waals surface area (Å²) in [5, 5.41) is 0. The van der Waals surface area contributed by atoms with Crippen molar-refractivity contribution in [2.45, 2.75) is 62.0 Å². The Morgan fingerprint density at radius 3 is 1.60 bits per heavy atom. The molecule has 268 valence electrons. The molecule has 0 aromatic heterocycles. The molecule has 12 heteroatoms. The van der Waals surface area contributed by atoms with Gasteiger partial charge in [-0.05, 0) is 85.0 Å². The van der Waals surface area contributed by atoms with Gasteiger partial charge in [0.05, 0.1) is 34.4 Å². The number of sulfonamides is 2. The number of hydrogen-bond acceptors (Lipinski definition) is 8. The number of nitrogens with zero attached hydrogens (tertiary/aromatic N) is 2. The molecule has 2 aliphatic heterocycles. The lowest BCUT2D eigenvalue weighted by atomic mass is 9.86. The lowest BCUT2D eigenvalue weighted by Crippen LogP contribution is -2.27. The minimum Gasteiger partial charge on any atom is -0.491 e. The first-order chi connectivity index (χ1) is 23.6. The molecular formula is C38H46N2O8S2. The van der Waals surface area contributed by atoms with Crippen LogP contribution in [0.25, 0.3) is 0 Å². The molecule has 0 saturated carbocycles. The zero-order valence-electron chi connectivity index (χ0n) is 29.6. The number of ether oxygens (including phenoxy) is 4. The molecule has 0 amide bonds. The summed E-state index contributed by atoms with van der Waals surface area (Å²) in [6.07, 6.45) is 0.314. The highest BCUT2D eigenvalue weighted by atomic mass is 32.2. The zero-order chi connectivity index (χ0) is 36.3. The summed E-state index contributed by atoms with van der Waals surface area (Å²) >= 11 is 0. The maximum atomic E-state index is 13.1. The molecule has 2 saturated heterocycles. The number of anilines is 2. The summed E-state index contributed by atoms with van der Waals surface area (Å²) in [4.78, 5) is 0.577. The Morgan fingerprint density at radius 2 is 1.14 bits per heavy atom. The van der Waals surface area contributed by atoms with E-state index in [2.05, 4.69) is 0 Å². The molecule has 2 aliphatic rings. The minimum absolute atomic E-state index is 0.149. The van der Waals surface area contributed by atoms with Gasteiger partial charge in [0.1, 0.15) is 36.9 Å². The van der Waals surface area contributed by atoms with Gasteiger partial charge < -0.3 is 18.9 Å². The number of aryl methyl sites for hydroxylation is 2. The highest BCUT2D eigenvalue weighted by Crippen LogP contribution is 2.35. The van der Waals surface area contributed by atoms with Gasteiger partial charge in [0, 0.05) is 19.7 Å². The van der Waals surface area contributed by atoms with Crippen molar-refractivity contribution in [3.05, 3.63) is 108 Å². The van der Waals surface area contributed by atoms with E-state index in [1.54, 1.807) is 82.5 Å². The van der Waals surface area contributed by atoms with E-state index in [9.17, 15) is 16.8 Å². The molecule has 0 N–H and O–H groups in total. The second kappa shape index (κ2) is 15.0. The molecule has 50 heavy (non-hydrogen) atoms. The first kappa shape index (κ1) is 37.2. The van der Waals surface area contributed by atoms with Gasteiger partial charge in [-0.15, -0.1) is 0 Å². The van der Waals surface area contributed by atoms with Gasteiger partial charge in [0.2, 0.25) is 0 Å². The molecule has 4 aromatic rings. The third-order valence-corrected chi connectivity index (χ3v) is 12.2. The van der Waals surface area contributed by atoms with Crippen LogP contribution in [0, 0.1) is 13.8 Å². The molecule has 2 heterocycles. The van der Waals surface area contributed by atoms with Crippen LogP contribution in [0.4, 0.5) is 11.4 Å². The lowest BCUT2D eigenvalue weighted by molar-refractivity contribution is 0.258. The molecular weight excluding hydrogens is 677 g/mol. The van der Waals surface area contributed by atoms with E-state index in [1.807, 2.05) is 57.2 Å². The third-order valence-electron chi connectivity index (χ3n) is 8.37. The van der Waals surface area contributed by atoms with Crippen molar-refractivity contribution in [2.75, 3.05) is 49.1 Å². The standard InChI is InChI=1S/C20H25NO4S.C18H21NO4S/c1-20(2,3)18-12-17(10-11-19(18)25-14-16-13-24-16)26(22,23)21(4)15-8-6-5-7-9-15;1-13-9-16(22-11-17-12-23-17)10-14(2)18(13)24(20,21)19(3)15-7-5-4-6-8-15/h5-12,16H,13-14H2,1-4H3;4-10,17H,11-12H2,1-3H3. The second-order valence-electron chi connectivity index (χ2n) is 13.4. The van der Waals surface area contributed by atoms with Gasteiger partial charge in [-0.1, -0.05) is 57.2 Å². The Hall–Kier alpha value is -4.10. The molecule has 0 spiro atoms. The zero-order valence-corrected chi connectivity index (χ0v) is 31.3. The monoisotopic (exact) mass is 722 g/mol. The molecule has 0 bridgehead atoms. The van der Waals surface area contributed by atoms with Crippen LogP contribution in [-0.2, 0) is 34.9 Å². The first-order valence-corrected chi connectivity index (χ1v) is 19.3. The maximum Gasteiger partial charge on any atom is 0.264 e. The fourth-order valence-corrected chi connectivity index (χ4v) is 8.16. The smallest absolute Gasteiger partial charge is 0.264 e. The minimum atomic E-state index is -3.66. The van der Waals surface area contributed by atoms with Gasteiger partial charge in [-0.2, -0.15) is 0 Å². The van der Waals surface area contributed by atoms with Crippen LogP contribution < -0.4 is 18.1 Å². The van der Waals surface area contributed by atoms with Crippen molar-refractivity contribution in [3.63, 3.8) is 0 Å². The van der Waals surface area contributed by atoms with E-state index in [-0.39, 0.29) is 22.5 Å². The van der Waals surface area contributed by atoms with Crippen LogP contribution in [0.3, 0.4) is 0 Å². The lowest BCUT2D eigenvalue weighted by Gasteiger charge is -2.25. The van der Waals surface area contributed by atoms with Crippen LogP contribution in [0.1, 0.15) is 37.5 Å². The van der Waals surface area contributed by atoms with Crippen LogP contribution in [0.5, 0.6) is 11.5 Å².